The number of likely N-dealkylation sites (tertiary alicyclic amines) is 1. The molecule has 3 rings (SSSR count). The highest BCUT2D eigenvalue weighted by molar-refractivity contribution is 5.89. The molecule has 142 valence electrons. The van der Waals surface area contributed by atoms with Gasteiger partial charge in [0.1, 0.15) is 11.5 Å². The van der Waals surface area contributed by atoms with Crippen molar-refractivity contribution in [2.24, 2.45) is 0 Å². The molecule has 0 bridgehead atoms. The van der Waals surface area contributed by atoms with E-state index in [2.05, 4.69) is 10.2 Å². The van der Waals surface area contributed by atoms with E-state index < -0.39 is 6.04 Å². The Morgan fingerprint density at radius 3 is 2.65 bits per heavy atom. The number of piperazine rings is 1. The third-order valence-corrected chi connectivity index (χ3v) is 5.14. The van der Waals surface area contributed by atoms with Crippen LogP contribution in [0.25, 0.3) is 0 Å². The second-order valence-electron chi connectivity index (χ2n) is 6.75. The molecule has 0 saturated carbocycles. The maximum Gasteiger partial charge on any atom is 0.237 e. The molecule has 26 heavy (non-hydrogen) atoms. The van der Waals surface area contributed by atoms with E-state index in [9.17, 15) is 9.59 Å². The van der Waals surface area contributed by atoms with Gasteiger partial charge in [-0.3, -0.25) is 14.5 Å². The number of rotatable bonds is 6. The van der Waals surface area contributed by atoms with E-state index >= 15 is 0 Å². The third kappa shape index (κ3) is 4.09. The minimum atomic E-state index is -0.441. The molecule has 1 unspecified atom stereocenters. The van der Waals surface area contributed by atoms with E-state index in [1.54, 1.807) is 14.2 Å². The Morgan fingerprint density at radius 2 is 1.96 bits per heavy atom. The Kier molecular flexibility index (Phi) is 5.98. The average molecular weight is 361 g/mol. The molecular formula is C19H27N3O4. The van der Waals surface area contributed by atoms with Crippen molar-refractivity contribution in [1.82, 2.24) is 15.1 Å². The second kappa shape index (κ2) is 8.40. The van der Waals surface area contributed by atoms with E-state index in [-0.39, 0.29) is 18.2 Å². The van der Waals surface area contributed by atoms with Gasteiger partial charge >= 0.3 is 0 Å². The van der Waals surface area contributed by atoms with Gasteiger partial charge in [-0.1, -0.05) is 6.07 Å². The number of nitrogens with zero attached hydrogens (tertiary/aromatic N) is 2. The van der Waals surface area contributed by atoms with Crippen LogP contribution in [0.15, 0.2) is 18.2 Å². The smallest absolute Gasteiger partial charge is 0.237 e. The second-order valence-corrected chi connectivity index (χ2v) is 6.75. The largest absolute Gasteiger partial charge is 0.497 e. The number of ether oxygens (including phenoxy) is 2. The van der Waals surface area contributed by atoms with Gasteiger partial charge in [0.15, 0.2) is 0 Å². The third-order valence-electron chi connectivity index (χ3n) is 5.14. The van der Waals surface area contributed by atoms with Crippen LogP contribution in [0.4, 0.5) is 0 Å². The summed E-state index contributed by atoms with van der Waals surface area (Å²) in [4.78, 5) is 28.9. The molecule has 2 saturated heterocycles. The zero-order valence-corrected chi connectivity index (χ0v) is 15.5. The molecule has 7 nitrogen and oxygen atoms in total. The van der Waals surface area contributed by atoms with Crippen LogP contribution in [0.3, 0.4) is 0 Å². The summed E-state index contributed by atoms with van der Waals surface area (Å²) in [5, 5.41) is 2.89. The summed E-state index contributed by atoms with van der Waals surface area (Å²) in [7, 11) is 3.24. The topological polar surface area (TPSA) is 71.1 Å². The van der Waals surface area contributed by atoms with Crippen LogP contribution in [0.2, 0.25) is 0 Å². The van der Waals surface area contributed by atoms with Crippen molar-refractivity contribution < 1.29 is 19.1 Å². The van der Waals surface area contributed by atoms with Crippen LogP contribution in [0.5, 0.6) is 11.5 Å². The van der Waals surface area contributed by atoms with Gasteiger partial charge < -0.3 is 19.7 Å². The lowest BCUT2D eigenvalue weighted by atomic mass is 10.1. The number of benzene rings is 1. The maximum atomic E-state index is 12.5. The average Bonchev–Trinajstić information content (AvgIpc) is 3.19. The quantitative estimate of drug-likeness (QED) is 0.819. The minimum Gasteiger partial charge on any atom is -0.497 e. The van der Waals surface area contributed by atoms with Gasteiger partial charge in [-0.2, -0.15) is 0 Å². The first-order valence-electron chi connectivity index (χ1n) is 9.13. The first-order chi connectivity index (χ1) is 12.6. The van der Waals surface area contributed by atoms with Gasteiger partial charge in [0, 0.05) is 44.4 Å². The van der Waals surface area contributed by atoms with Crippen molar-refractivity contribution in [2.45, 2.75) is 31.8 Å². The Labute approximate surface area is 154 Å². The fourth-order valence-corrected chi connectivity index (χ4v) is 3.64. The lowest BCUT2D eigenvalue weighted by molar-refractivity contribution is -0.138. The molecular weight excluding hydrogens is 334 g/mol. The summed E-state index contributed by atoms with van der Waals surface area (Å²) < 4.78 is 10.7. The molecule has 2 aliphatic heterocycles. The molecule has 2 heterocycles. The number of carbonyl (C=O) groups is 2. The standard InChI is InChI=1S/C19H27N3O4/c1-25-15-6-5-14(17(11-15)26-2)13-22-10-7-20-19(24)16(22)12-18(23)21-8-3-4-9-21/h5-6,11,16H,3-4,7-10,12-13H2,1-2H3,(H,20,24). The molecule has 1 N–H and O–H groups in total. The van der Waals surface area contributed by atoms with Gasteiger partial charge in [-0.05, 0) is 18.9 Å². The zero-order chi connectivity index (χ0) is 18.5. The van der Waals surface area contributed by atoms with E-state index in [1.165, 1.54) is 0 Å². The fraction of sp³-hybridized carbons (Fsp3) is 0.579. The van der Waals surface area contributed by atoms with Gasteiger partial charge in [0.25, 0.3) is 0 Å². The normalized spacial score (nSPS) is 20.8. The summed E-state index contributed by atoms with van der Waals surface area (Å²) in [6.45, 7) is 3.46. The van der Waals surface area contributed by atoms with Crippen molar-refractivity contribution in [2.75, 3.05) is 40.4 Å². The number of amides is 2. The Balaban J connectivity index is 1.73. The van der Waals surface area contributed by atoms with Gasteiger partial charge in [-0.25, -0.2) is 0 Å². The van der Waals surface area contributed by atoms with Crippen molar-refractivity contribution in [1.29, 1.82) is 0 Å². The van der Waals surface area contributed by atoms with Crippen molar-refractivity contribution in [3.8, 4) is 11.5 Å². The lowest BCUT2D eigenvalue weighted by Crippen LogP contribution is -2.56. The fourth-order valence-electron chi connectivity index (χ4n) is 3.64. The molecule has 1 aromatic carbocycles. The monoisotopic (exact) mass is 361 g/mol. The summed E-state index contributed by atoms with van der Waals surface area (Å²) in [5.41, 5.74) is 0.974. The molecule has 0 aromatic heterocycles. The highest BCUT2D eigenvalue weighted by atomic mass is 16.5. The number of hydrogen-bond donors (Lipinski definition) is 1. The van der Waals surface area contributed by atoms with Crippen LogP contribution in [0.1, 0.15) is 24.8 Å². The van der Waals surface area contributed by atoms with Crippen LogP contribution in [-0.4, -0.2) is 68.1 Å². The molecule has 7 heteroatoms. The van der Waals surface area contributed by atoms with Crippen LogP contribution in [0, 0.1) is 0 Å². The Bertz CT molecular complexity index is 658. The molecule has 0 radical (unpaired) electrons. The van der Waals surface area contributed by atoms with Crippen molar-refractivity contribution in [3.63, 3.8) is 0 Å². The zero-order valence-electron chi connectivity index (χ0n) is 15.5. The highest BCUT2D eigenvalue weighted by Crippen LogP contribution is 2.27. The molecule has 1 aromatic rings. The van der Waals surface area contributed by atoms with Gasteiger partial charge in [0.05, 0.1) is 26.7 Å². The number of carbonyl (C=O) groups excluding carboxylic acids is 2. The molecule has 2 fully saturated rings. The number of hydrogen-bond acceptors (Lipinski definition) is 5. The number of nitrogens with one attached hydrogen (secondary N) is 1. The lowest BCUT2D eigenvalue weighted by Gasteiger charge is -2.35. The molecule has 0 aliphatic carbocycles. The van der Waals surface area contributed by atoms with E-state index in [4.69, 9.17) is 9.47 Å². The van der Waals surface area contributed by atoms with E-state index in [0.29, 0.717) is 19.6 Å². The predicted octanol–water partition coefficient (Wildman–Crippen LogP) is 1.02. The predicted molar refractivity (Wildman–Crippen MR) is 97.2 cm³/mol. The SMILES string of the molecule is COc1ccc(CN2CCNC(=O)C2CC(=O)N2CCCC2)c(OC)c1. The maximum absolute atomic E-state index is 12.5. The van der Waals surface area contributed by atoms with Crippen LogP contribution >= 0.6 is 0 Å². The molecule has 2 amide bonds. The first-order valence-corrected chi connectivity index (χ1v) is 9.13. The molecule has 2 aliphatic rings. The highest BCUT2D eigenvalue weighted by Gasteiger charge is 2.33. The summed E-state index contributed by atoms with van der Waals surface area (Å²) in [5.74, 6) is 1.44. The summed E-state index contributed by atoms with van der Waals surface area (Å²) in [6, 6.07) is 5.23. The molecule has 1 atom stereocenters. The van der Waals surface area contributed by atoms with Crippen LogP contribution < -0.4 is 14.8 Å². The number of methoxy groups -OCH3 is 2. The summed E-state index contributed by atoms with van der Waals surface area (Å²) >= 11 is 0. The Morgan fingerprint density at radius 1 is 1.19 bits per heavy atom. The Hall–Kier alpha value is -2.28. The summed E-state index contributed by atoms with van der Waals surface area (Å²) in [6.07, 6.45) is 2.33. The van der Waals surface area contributed by atoms with Gasteiger partial charge in [-0.15, -0.1) is 0 Å². The van der Waals surface area contributed by atoms with Crippen molar-refractivity contribution in [3.05, 3.63) is 23.8 Å². The van der Waals surface area contributed by atoms with Gasteiger partial charge in [0.2, 0.25) is 11.8 Å². The van der Waals surface area contributed by atoms with E-state index in [1.807, 2.05) is 23.1 Å². The first kappa shape index (κ1) is 18.5. The van der Waals surface area contributed by atoms with Crippen molar-refractivity contribution >= 4 is 11.8 Å². The van der Waals surface area contributed by atoms with Crippen LogP contribution in [-0.2, 0) is 16.1 Å². The van der Waals surface area contributed by atoms with E-state index in [0.717, 1.165) is 43.0 Å². The minimum absolute atomic E-state index is 0.0660. The molecule has 0 spiro atoms.